The van der Waals surface area contributed by atoms with Gasteiger partial charge in [0.15, 0.2) is 0 Å². The molecule has 0 aliphatic heterocycles. The molecule has 0 bridgehead atoms. The molecule has 0 aromatic heterocycles. The van der Waals surface area contributed by atoms with Crippen molar-refractivity contribution < 1.29 is 9.53 Å². The third-order valence-corrected chi connectivity index (χ3v) is 3.85. The van der Waals surface area contributed by atoms with Crippen LogP contribution in [0.1, 0.15) is 29.5 Å². The van der Waals surface area contributed by atoms with Gasteiger partial charge in [-0.2, -0.15) is 0 Å². The van der Waals surface area contributed by atoms with E-state index in [-0.39, 0.29) is 5.91 Å². The fraction of sp³-hybridized carbons (Fsp3) is 0.250. The Kier molecular flexibility index (Phi) is 4.77. The van der Waals surface area contributed by atoms with Crippen molar-refractivity contribution in [3.05, 3.63) is 71.8 Å². The van der Waals surface area contributed by atoms with Crippen LogP contribution in [0.5, 0.6) is 5.75 Å². The molecule has 1 N–H and O–H groups in total. The van der Waals surface area contributed by atoms with Crippen LogP contribution in [0.15, 0.2) is 55.1 Å². The Bertz CT molecular complexity index is 690. The summed E-state index contributed by atoms with van der Waals surface area (Å²) in [5.41, 5.74) is 3.00. The Balaban J connectivity index is 1.71. The molecular weight excluding hydrogens is 286 g/mol. The molecule has 0 saturated heterocycles. The second-order valence-corrected chi connectivity index (χ2v) is 5.86. The first-order valence-corrected chi connectivity index (χ1v) is 7.96. The lowest BCUT2D eigenvalue weighted by Crippen LogP contribution is -2.27. The van der Waals surface area contributed by atoms with Gasteiger partial charge >= 0.3 is 0 Å². The molecule has 1 aliphatic rings. The highest BCUT2D eigenvalue weighted by Crippen LogP contribution is 2.24. The second kappa shape index (κ2) is 7.14. The number of amides is 1. The van der Waals surface area contributed by atoms with Crippen LogP contribution in [-0.4, -0.2) is 11.9 Å². The minimum atomic E-state index is 0.0540. The van der Waals surface area contributed by atoms with Gasteiger partial charge in [-0.05, 0) is 36.1 Å². The van der Waals surface area contributed by atoms with Gasteiger partial charge in [-0.25, -0.2) is 0 Å². The summed E-state index contributed by atoms with van der Waals surface area (Å²) < 4.78 is 5.93. The molecule has 1 saturated carbocycles. The SMILES string of the molecule is C=Cc1ccc(OCc2ccccc2)c(CC(=O)NC2CC2)c1. The number of ether oxygens (including phenoxy) is 1. The molecule has 2 aromatic carbocycles. The monoisotopic (exact) mass is 307 g/mol. The standard InChI is InChI=1S/C20H21NO2/c1-2-15-8-11-19(23-14-16-6-4-3-5-7-16)17(12-15)13-20(22)21-18-9-10-18/h2-8,11-12,18H,1,9-10,13-14H2,(H,21,22). The second-order valence-electron chi connectivity index (χ2n) is 5.86. The minimum absolute atomic E-state index is 0.0540. The molecule has 3 rings (SSSR count). The highest BCUT2D eigenvalue weighted by molar-refractivity contribution is 5.80. The maximum atomic E-state index is 12.1. The summed E-state index contributed by atoms with van der Waals surface area (Å²) in [5, 5.41) is 3.02. The van der Waals surface area contributed by atoms with Gasteiger partial charge in [0, 0.05) is 11.6 Å². The molecule has 1 amide bonds. The Labute approximate surface area is 137 Å². The fourth-order valence-corrected chi connectivity index (χ4v) is 2.42. The van der Waals surface area contributed by atoms with Crippen LogP contribution in [0.2, 0.25) is 0 Å². The van der Waals surface area contributed by atoms with E-state index >= 15 is 0 Å². The Morgan fingerprint density at radius 3 is 2.70 bits per heavy atom. The first kappa shape index (κ1) is 15.3. The highest BCUT2D eigenvalue weighted by Gasteiger charge is 2.23. The van der Waals surface area contributed by atoms with Crippen LogP contribution < -0.4 is 10.1 Å². The van der Waals surface area contributed by atoms with Crippen molar-refractivity contribution in [1.82, 2.24) is 5.32 Å². The van der Waals surface area contributed by atoms with Gasteiger partial charge in [0.25, 0.3) is 0 Å². The summed E-state index contributed by atoms with van der Waals surface area (Å²) >= 11 is 0. The quantitative estimate of drug-likeness (QED) is 0.846. The van der Waals surface area contributed by atoms with Crippen molar-refractivity contribution in [1.29, 1.82) is 0 Å². The zero-order valence-corrected chi connectivity index (χ0v) is 13.1. The third kappa shape index (κ3) is 4.46. The van der Waals surface area contributed by atoms with Crippen molar-refractivity contribution >= 4 is 12.0 Å². The number of carbonyl (C=O) groups excluding carboxylic acids is 1. The number of carbonyl (C=O) groups is 1. The average Bonchev–Trinajstić information content (AvgIpc) is 3.38. The zero-order chi connectivity index (χ0) is 16.1. The van der Waals surface area contributed by atoms with Crippen molar-refractivity contribution in [2.24, 2.45) is 0 Å². The molecule has 0 spiro atoms. The van der Waals surface area contributed by atoms with Crippen molar-refractivity contribution in [2.75, 3.05) is 0 Å². The lowest BCUT2D eigenvalue weighted by Gasteiger charge is -2.13. The lowest BCUT2D eigenvalue weighted by atomic mass is 10.1. The van der Waals surface area contributed by atoms with E-state index in [2.05, 4.69) is 11.9 Å². The summed E-state index contributed by atoms with van der Waals surface area (Å²) in [5.74, 6) is 0.809. The number of hydrogen-bond acceptors (Lipinski definition) is 2. The van der Waals surface area contributed by atoms with Crippen LogP contribution in [-0.2, 0) is 17.8 Å². The van der Waals surface area contributed by atoms with Gasteiger partial charge in [-0.3, -0.25) is 4.79 Å². The van der Waals surface area contributed by atoms with Crippen LogP contribution >= 0.6 is 0 Å². The third-order valence-electron chi connectivity index (χ3n) is 3.85. The average molecular weight is 307 g/mol. The number of hydrogen-bond donors (Lipinski definition) is 1. The Morgan fingerprint density at radius 2 is 2.00 bits per heavy atom. The van der Waals surface area contributed by atoms with Gasteiger partial charge < -0.3 is 10.1 Å². The van der Waals surface area contributed by atoms with E-state index in [0.29, 0.717) is 19.1 Å². The molecule has 1 fully saturated rings. The van der Waals surface area contributed by atoms with Gasteiger partial charge in [0.1, 0.15) is 12.4 Å². The van der Waals surface area contributed by atoms with Gasteiger partial charge in [0.2, 0.25) is 5.91 Å². The summed E-state index contributed by atoms with van der Waals surface area (Å²) in [6.07, 6.45) is 4.30. The smallest absolute Gasteiger partial charge is 0.224 e. The molecule has 118 valence electrons. The molecule has 23 heavy (non-hydrogen) atoms. The highest BCUT2D eigenvalue weighted by atomic mass is 16.5. The molecule has 3 nitrogen and oxygen atoms in total. The van der Waals surface area contributed by atoms with Crippen molar-refractivity contribution in [2.45, 2.75) is 31.9 Å². The Morgan fingerprint density at radius 1 is 1.22 bits per heavy atom. The van der Waals surface area contributed by atoms with E-state index in [1.807, 2.05) is 48.5 Å². The molecule has 1 aliphatic carbocycles. The van der Waals surface area contributed by atoms with Crippen LogP contribution in [0.3, 0.4) is 0 Å². The lowest BCUT2D eigenvalue weighted by molar-refractivity contribution is -0.120. The van der Waals surface area contributed by atoms with E-state index in [9.17, 15) is 4.79 Å². The molecule has 2 aromatic rings. The molecule has 3 heteroatoms. The minimum Gasteiger partial charge on any atom is -0.489 e. The van der Waals surface area contributed by atoms with Crippen LogP contribution in [0.25, 0.3) is 6.08 Å². The summed E-state index contributed by atoms with van der Waals surface area (Å²) in [6, 6.07) is 16.2. The van der Waals surface area contributed by atoms with Gasteiger partial charge in [-0.15, -0.1) is 0 Å². The van der Waals surface area contributed by atoms with Crippen LogP contribution in [0.4, 0.5) is 0 Å². The molecule has 0 heterocycles. The summed E-state index contributed by atoms with van der Waals surface area (Å²) in [6.45, 7) is 4.28. The van der Waals surface area contributed by atoms with Crippen LogP contribution in [0, 0.1) is 0 Å². The van der Waals surface area contributed by atoms with Gasteiger partial charge in [0.05, 0.1) is 6.42 Å². The molecule has 0 radical (unpaired) electrons. The normalized spacial score (nSPS) is 13.4. The number of rotatable bonds is 7. The van der Waals surface area contributed by atoms with E-state index in [0.717, 1.165) is 35.3 Å². The first-order valence-electron chi connectivity index (χ1n) is 7.96. The molecular formula is C20H21NO2. The van der Waals surface area contributed by atoms with Crippen molar-refractivity contribution in [3.8, 4) is 5.75 Å². The van der Waals surface area contributed by atoms with E-state index in [1.54, 1.807) is 6.08 Å². The predicted octanol–water partition coefficient (Wildman–Crippen LogP) is 3.73. The topological polar surface area (TPSA) is 38.3 Å². The summed E-state index contributed by atoms with van der Waals surface area (Å²) in [4.78, 5) is 12.1. The molecule has 0 unspecified atom stereocenters. The fourth-order valence-electron chi connectivity index (χ4n) is 2.42. The Hall–Kier alpha value is -2.55. The summed E-state index contributed by atoms with van der Waals surface area (Å²) in [7, 11) is 0. The van der Waals surface area contributed by atoms with Crippen molar-refractivity contribution in [3.63, 3.8) is 0 Å². The predicted molar refractivity (Wildman–Crippen MR) is 92.2 cm³/mol. The molecule has 0 atom stereocenters. The van der Waals surface area contributed by atoms with E-state index in [1.165, 1.54) is 0 Å². The van der Waals surface area contributed by atoms with E-state index in [4.69, 9.17) is 4.74 Å². The maximum absolute atomic E-state index is 12.1. The number of nitrogens with one attached hydrogen (secondary N) is 1. The first-order chi connectivity index (χ1) is 11.2. The zero-order valence-electron chi connectivity index (χ0n) is 13.1. The largest absolute Gasteiger partial charge is 0.489 e. The van der Waals surface area contributed by atoms with Gasteiger partial charge in [-0.1, -0.05) is 49.1 Å². The number of benzene rings is 2. The maximum Gasteiger partial charge on any atom is 0.224 e. The van der Waals surface area contributed by atoms with E-state index < -0.39 is 0 Å².